The van der Waals surface area contributed by atoms with E-state index < -0.39 is 0 Å². The maximum Gasteiger partial charge on any atom is 0.257 e. The fourth-order valence-corrected chi connectivity index (χ4v) is 3.81. The van der Waals surface area contributed by atoms with Crippen LogP contribution in [0.2, 0.25) is 0 Å². The van der Waals surface area contributed by atoms with Crippen molar-refractivity contribution in [1.29, 1.82) is 0 Å². The number of nitrogens with zero attached hydrogens (tertiary/aromatic N) is 2. The quantitative estimate of drug-likeness (QED) is 0.402. The Morgan fingerprint density at radius 1 is 1.10 bits per heavy atom. The number of carbonyl (C=O) groups excluding carboxylic acids is 1. The first kappa shape index (κ1) is 20.8. The largest absolute Gasteiger partial charge is 0.399 e. The zero-order chi connectivity index (χ0) is 20.8. The van der Waals surface area contributed by atoms with Crippen molar-refractivity contribution in [2.75, 3.05) is 29.0 Å². The van der Waals surface area contributed by atoms with Gasteiger partial charge in [-0.1, -0.05) is 12.1 Å². The third-order valence-electron chi connectivity index (χ3n) is 4.42. The van der Waals surface area contributed by atoms with Gasteiger partial charge in [-0.15, -0.1) is 11.3 Å². The van der Waals surface area contributed by atoms with E-state index in [4.69, 9.17) is 18.0 Å². The molecule has 1 heterocycles. The van der Waals surface area contributed by atoms with Gasteiger partial charge in [0.25, 0.3) is 5.91 Å². The Hall–Kier alpha value is -2.97. The summed E-state index contributed by atoms with van der Waals surface area (Å²) in [6, 6.07) is 15.0. The average molecular weight is 426 g/mol. The van der Waals surface area contributed by atoms with Crippen molar-refractivity contribution in [1.82, 2.24) is 10.3 Å². The number of nitrogens with two attached hydrogens (primary N) is 1. The molecule has 1 amide bonds. The molecule has 0 saturated heterocycles. The molecule has 0 aliphatic heterocycles. The maximum absolute atomic E-state index is 12.4. The predicted octanol–water partition coefficient (Wildman–Crippen LogP) is 4.37. The van der Waals surface area contributed by atoms with Crippen LogP contribution in [0, 0.1) is 0 Å². The van der Waals surface area contributed by atoms with Crippen molar-refractivity contribution in [3.63, 3.8) is 0 Å². The van der Waals surface area contributed by atoms with Gasteiger partial charge >= 0.3 is 0 Å². The number of hydrogen-bond acceptors (Lipinski definition) is 6. The van der Waals surface area contributed by atoms with Crippen LogP contribution in [0.5, 0.6) is 0 Å². The van der Waals surface area contributed by atoms with Crippen molar-refractivity contribution in [3.8, 4) is 11.3 Å². The van der Waals surface area contributed by atoms with E-state index in [1.54, 1.807) is 12.1 Å². The van der Waals surface area contributed by atoms with Gasteiger partial charge in [-0.05, 0) is 62.5 Å². The second-order valence-corrected chi connectivity index (χ2v) is 7.55. The molecule has 0 aliphatic rings. The Kier molecular flexibility index (Phi) is 6.79. The number of amides is 1. The lowest BCUT2D eigenvalue weighted by Crippen LogP contribution is -2.34. The summed E-state index contributed by atoms with van der Waals surface area (Å²) < 4.78 is 0. The molecule has 4 N–H and O–H groups in total. The lowest BCUT2D eigenvalue weighted by atomic mass is 10.1. The summed E-state index contributed by atoms with van der Waals surface area (Å²) in [6.45, 7) is 6.04. The molecule has 0 saturated carbocycles. The van der Waals surface area contributed by atoms with Gasteiger partial charge in [0.15, 0.2) is 10.2 Å². The Bertz CT molecular complexity index is 979. The van der Waals surface area contributed by atoms with Crippen LogP contribution < -0.4 is 21.3 Å². The summed E-state index contributed by atoms with van der Waals surface area (Å²) in [5, 5.41) is 8.40. The highest BCUT2D eigenvalue weighted by Crippen LogP contribution is 2.25. The molecule has 0 fully saturated rings. The molecule has 6 nitrogen and oxygen atoms in total. The molecule has 0 atom stereocenters. The van der Waals surface area contributed by atoms with Crippen LogP contribution in [-0.4, -0.2) is 29.1 Å². The highest BCUT2D eigenvalue weighted by molar-refractivity contribution is 7.80. The Balaban J connectivity index is 1.59. The van der Waals surface area contributed by atoms with E-state index in [0.717, 1.165) is 30.0 Å². The fourth-order valence-electron chi connectivity index (χ4n) is 2.83. The minimum absolute atomic E-state index is 0.209. The van der Waals surface area contributed by atoms with E-state index in [9.17, 15) is 4.79 Å². The smallest absolute Gasteiger partial charge is 0.257 e. The number of thiazole rings is 1. The van der Waals surface area contributed by atoms with Gasteiger partial charge < -0.3 is 16.0 Å². The second kappa shape index (κ2) is 9.49. The minimum atomic E-state index is -0.260. The van der Waals surface area contributed by atoms with Crippen molar-refractivity contribution >= 4 is 51.1 Å². The van der Waals surface area contributed by atoms with Crippen molar-refractivity contribution in [2.45, 2.75) is 13.8 Å². The molecule has 3 rings (SSSR count). The standard InChI is InChI=1S/C21H23N5OS2/c1-3-26(4-2)17-11-7-15(8-12-17)19(27)24-20(28)25-21-23-18(13-29-21)14-5-9-16(22)10-6-14/h5-13H,3-4,22H2,1-2H3,(H2,23,24,25,27,28). The van der Waals surface area contributed by atoms with Crippen molar-refractivity contribution in [2.24, 2.45) is 0 Å². The number of aromatic nitrogens is 1. The summed E-state index contributed by atoms with van der Waals surface area (Å²) in [5.74, 6) is -0.260. The number of thiocarbonyl (C=S) groups is 1. The number of benzene rings is 2. The van der Waals surface area contributed by atoms with E-state index in [-0.39, 0.29) is 11.0 Å². The molecule has 0 unspecified atom stereocenters. The Labute approximate surface area is 179 Å². The SMILES string of the molecule is CCN(CC)c1ccc(C(=O)NC(=S)Nc2nc(-c3ccc(N)cc3)cs2)cc1. The van der Waals surface area contributed by atoms with Crippen LogP contribution in [-0.2, 0) is 0 Å². The fraction of sp³-hybridized carbons (Fsp3) is 0.190. The monoisotopic (exact) mass is 425 g/mol. The average Bonchev–Trinajstić information content (AvgIpc) is 3.18. The summed E-state index contributed by atoms with van der Waals surface area (Å²) in [4.78, 5) is 19.2. The summed E-state index contributed by atoms with van der Waals surface area (Å²) in [5.41, 5.74) is 9.84. The molecule has 0 bridgehead atoms. The molecular formula is C21H23N5OS2. The third kappa shape index (κ3) is 5.30. The van der Waals surface area contributed by atoms with Crippen LogP contribution in [0.25, 0.3) is 11.3 Å². The van der Waals surface area contributed by atoms with Crippen LogP contribution in [0.3, 0.4) is 0 Å². The van der Waals surface area contributed by atoms with E-state index in [2.05, 4.69) is 34.4 Å². The zero-order valence-corrected chi connectivity index (χ0v) is 17.9. The topological polar surface area (TPSA) is 83.3 Å². The molecule has 3 aromatic rings. The summed E-state index contributed by atoms with van der Waals surface area (Å²) in [6.07, 6.45) is 0. The van der Waals surface area contributed by atoms with Crippen LogP contribution >= 0.6 is 23.6 Å². The van der Waals surface area contributed by atoms with Gasteiger partial charge in [-0.2, -0.15) is 0 Å². The van der Waals surface area contributed by atoms with E-state index >= 15 is 0 Å². The van der Waals surface area contributed by atoms with E-state index in [1.165, 1.54) is 11.3 Å². The van der Waals surface area contributed by atoms with Crippen LogP contribution in [0.15, 0.2) is 53.9 Å². The molecule has 0 aliphatic carbocycles. The molecule has 1 aromatic heterocycles. The van der Waals surface area contributed by atoms with Gasteiger partial charge in [-0.3, -0.25) is 10.1 Å². The first-order valence-electron chi connectivity index (χ1n) is 9.29. The maximum atomic E-state index is 12.4. The number of rotatable bonds is 6. The molecule has 0 spiro atoms. The van der Waals surface area contributed by atoms with Gasteiger partial charge in [0.1, 0.15) is 0 Å². The van der Waals surface area contributed by atoms with Gasteiger partial charge in [0.2, 0.25) is 0 Å². The highest BCUT2D eigenvalue weighted by Gasteiger charge is 2.11. The predicted molar refractivity (Wildman–Crippen MR) is 126 cm³/mol. The number of anilines is 3. The molecule has 150 valence electrons. The van der Waals surface area contributed by atoms with Gasteiger partial charge in [-0.25, -0.2) is 4.98 Å². The first-order chi connectivity index (χ1) is 14.0. The molecule has 0 radical (unpaired) electrons. The van der Waals surface area contributed by atoms with Crippen molar-refractivity contribution < 1.29 is 4.79 Å². The lowest BCUT2D eigenvalue weighted by molar-refractivity contribution is 0.0978. The lowest BCUT2D eigenvalue weighted by Gasteiger charge is -2.21. The first-order valence-corrected chi connectivity index (χ1v) is 10.6. The van der Waals surface area contributed by atoms with Crippen LogP contribution in [0.4, 0.5) is 16.5 Å². The van der Waals surface area contributed by atoms with E-state index in [1.807, 2.05) is 41.8 Å². The van der Waals surface area contributed by atoms with Gasteiger partial charge in [0, 0.05) is 41.0 Å². The molecular weight excluding hydrogens is 402 g/mol. The number of carbonyl (C=O) groups is 1. The third-order valence-corrected chi connectivity index (χ3v) is 5.38. The van der Waals surface area contributed by atoms with Crippen molar-refractivity contribution in [3.05, 3.63) is 59.5 Å². The normalized spacial score (nSPS) is 10.4. The molecule has 2 aromatic carbocycles. The molecule has 29 heavy (non-hydrogen) atoms. The summed E-state index contributed by atoms with van der Waals surface area (Å²) in [7, 11) is 0. The Morgan fingerprint density at radius 2 is 1.76 bits per heavy atom. The molecule has 8 heteroatoms. The van der Waals surface area contributed by atoms with Crippen LogP contribution in [0.1, 0.15) is 24.2 Å². The zero-order valence-electron chi connectivity index (χ0n) is 16.3. The minimum Gasteiger partial charge on any atom is -0.399 e. The highest BCUT2D eigenvalue weighted by atomic mass is 32.1. The van der Waals surface area contributed by atoms with Gasteiger partial charge in [0.05, 0.1) is 5.69 Å². The number of nitrogens with one attached hydrogen (secondary N) is 2. The second-order valence-electron chi connectivity index (χ2n) is 6.29. The van der Waals surface area contributed by atoms with E-state index in [0.29, 0.717) is 16.4 Å². The summed E-state index contributed by atoms with van der Waals surface area (Å²) >= 11 is 6.67. The number of nitrogen functional groups attached to an aromatic ring is 1. The number of hydrogen-bond donors (Lipinski definition) is 3. The Morgan fingerprint density at radius 3 is 2.38 bits per heavy atom.